The molecule has 0 bridgehead atoms. The normalized spacial score (nSPS) is 13.6. The number of para-hydroxylation sites is 4. The van der Waals surface area contributed by atoms with Crippen LogP contribution in [0.25, 0.3) is 66.0 Å². The summed E-state index contributed by atoms with van der Waals surface area (Å²) in [6, 6.07) is 56.2. The van der Waals surface area contributed by atoms with Gasteiger partial charge in [0, 0.05) is 49.2 Å². The molecule has 0 fully saturated rings. The molecule has 232 valence electrons. The van der Waals surface area contributed by atoms with Crippen LogP contribution < -0.4 is 4.90 Å². The molecule has 0 atom stereocenters. The Hall–Kier alpha value is -6.19. The molecule has 0 saturated carbocycles. The monoisotopic (exact) mass is 628 g/mol. The highest BCUT2D eigenvalue weighted by Gasteiger charge is 2.36. The van der Waals surface area contributed by atoms with Gasteiger partial charge in [-0.1, -0.05) is 129 Å². The molecule has 1 aliphatic heterocycles. The van der Waals surface area contributed by atoms with Crippen molar-refractivity contribution in [1.29, 1.82) is 0 Å². The predicted octanol–water partition coefficient (Wildman–Crippen LogP) is 12.7. The van der Waals surface area contributed by atoms with E-state index in [-0.39, 0.29) is 5.41 Å². The van der Waals surface area contributed by atoms with Crippen molar-refractivity contribution in [3.05, 3.63) is 169 Å². The summed E-state index contributed by atoms with van der Waals surface area (Å²) in [5.74, 6) is 0. The molecule has 2 aromatic heterocycles. The summed E-state index contributed by atoms with van der Waals surface area (Å²) in [5.41, 5.74) is 13.1. The minimum absolute atomic E-state index is 0.101. The van der Waals surface area contributed by atoms with Crippen LogP contribution in [0, 0.1) is 0 Å². The fourth-order valence-corrected chi connectivity index (χ4v) is 8.10. The first kappa shape index (κ1) is 27.9. The number of fused-ring (bicyclic) bond motifs is 9. The van der Waals surface area contributed by atoms with Gasteiger partial charge in [0.15, 0.2) is 0 Å². The average molecular weight is 629 g/mol. The van der Waals surface area contributed by atoms with Gasteiger partial charge in [-0.15, -0.1) is 0 Å². The Bertz CT molecular complexity index is 2690. The first-order valence-electron chi connectivity index (χ1n) is 16.9. The summed E-state index contributed by atoms with van der Waals surface area (Å²) in [5, 5.41) is 5.66. The summed E-state index contributed by atoms with van der Waals surface area (Å²) < 4.78 is 6.77. The second-order valence-corrected chi connectivity index (χ2v) is 13.5. The van der Waals surface area contributed by atoms with E-state index in [1.54, 1.807) is 0 Å². The molecule has 49 heavy (non-hydrogen) atoms. The maximum Gasteiger partial charge on any atom is 0.143 e. The largest absolute Gasteiger partial charge is 0.455 e. The van der Waals surface area contributed by atoms with Crippen LogP contribution in [0.2, 0.25) is 0 Å². The maximum atomic E-state index is 6.77. The molecule has 0 aliphatic carbocycles. The van der Waals surface area contributed by atoms with Crippen molar-refractivity contribution >= 4 is 60.7 Å². The number of nitrogens with zero attached hydrogens (tertiary/aromatic N) is 2. The third kappa shape index (κ3) is 4.06. The minimum atomic E-state index is -0.101. The van der Waals surface area contributed by atoms with Crippen LogP contribution in [0.1, 0.15) is 25.0 Å². The van der Waals surface area contributed by atoms with Crippen molar-refractivity contribution in [1.82, 2.24) is 4.98 Å². The van der Waals surface area contributed by atoms with Crippen LogP contribution in [0.5, 0.6) is 0 Å². The van der Waals surface area contributed by atoms with E-state index in [0.717, 1.165) is 66.3 Å². The van der Waals surface area contributed by atoms with Crippen LogP contribution >= 0.6 is 0 Å². The molecule has 0 spiro atoms. The summed E-state index contributed by atoms with van der Waals surface area (Å²) in [7, 11) is 0. The number of anilines is 3. The molecule has 1 aliphatic rings. The second kappa shape index (κ2) is 10.4. The van der Waals surface area contributed by atoms with E-state index in [0.29, 0.717) is 0 Å². The molecular formula is C46H32N2O. The van der Waals surface area contributed by atoms with E-state index in [2.05, 4.69) is 170 Å². The Balaban J connectivity index is 1.24. The van der Waals surface area contributed by atoms with Crippen LogP contribution in [-0.2, 0) is 5.41 Å². The fraction of sp³-hybridized carbons (Fsp3) is 0.0652. The lowest BCUT2D eigenvalue weighted by molar-refractivity contribution is 0.632. The van der Waals surface area contributed by atoms with Crippen LogP contribution in [0.3, 0.4) is 0 Å². The summed E-state index contributed by atoms with van der Waals surface area (Å²) >= 11 is 0. The van der Waals surface area contributed by atoms with Gasteiger partial charge in [-0.05, 0) is 59.2 Å². The number of aromatic nitrogens is 1. The molecule has 3 heteroatoms. The first-order chi connectivity index (χ1) is 24.1. The van der Waals surface area contributed by atoms with E-state index < -0.39 is 0 Å². The summed E-state index contributed by atoms with van der Waals surface area (Å²) in [6.45, 7) is 4.65. The Morgan fingerprint density at radius 1 is 0.531 bits per heavy atom. The van der Waals surface area contributed by atoms with Gasteiger partial charge in [0.2, 0.25) is 0 Å². The molecule has 0 saturated heterocycles. The molecule has 0 N–H and O–H groups in total. The lowest BCUT2D eigenvalue weighted by Gasteiger charge is -2.42. The van der Waals surface area contributed by atoms with Gasteiger partial charge >= 0.3 is 0 Å². The summed E-state index contributed by atoms with van der Waals surface area (Å²) in [4.78, 5) is 7.68. The Labute approximate surface area is 284 Å². The molecule has 9 aromatic rings. The van der Waals surface area contributed by atoms with Crippen molar-refractivity contribution in [3.8, 4) is 22.4 Å². The van der Waals surface area contributed by atoms with E-state index in [1.807, 2.05) is 6.07 Å². The van der Waals surface area contributed by atoms with E-state index >= 15 is 0 Å². The van der Waals surface area contributed by atoms with Crippen LogP contribution in [0.15, 0.2) is 162 Å². The smallest absolute Gasteiger partial charge is 0.143 e. The van der Waals surface area contributed by atoms with Gasteiger partial charge in [-0.2, -0.15) is 0 Å². The average Bonchev–Trinajstić information content (AvgIpc) is 3.55. The quantitative estimate of drug-likeness (QED) is 0.182. The molecule has 10 rings (SSSR count). The van der Waals surface area contributed by atoms with Crippen molar-refractivity contribution in [2.24, 2.45) is 0 Å². The number of hydrogen-bond donors (Lipinski definition) is 0. The van der Waals surface area contributed by atoms with E-state index in [9.17, 15) is 0 Å². The highest BCUT2D eigenvalue weighted by molar-refractivity contribution is 6.30. The molecular weight excluding hydrogens is 597 g/mol. The van der Waals surface area contributed by atoms with Gasteiger partial charge < -0.3 is 9.32 Å². The Morgan fingerprint density at radius 3 is 1.88 bits per heavy atom. The minimum Gasteiger partial charge on any atom is -0.455 e. The topological polar surface area (TPSA) is 29.3 Å². The molecule has 3 nitrogen and oxygen atoms in total. The van der Waals surface area contributed by atoms with Gasteiger partial charge in [-0.25, -0.2) is 4.98 Å². The van der Waals surface area contributed by atoms with Crippen LogP contribution in [0.4, 0.5) is 17.1 Å². The zero-order valence-electron chi connectivity index (χ0n) is 27.3. The first-order valence-corrected chi connectivity index (χ1v) is 16.9. The van der Waals surface area contributed by atoms with E-state index in [1.165, 1.54) is 27.9 Å². The maximum absolute atomic E-state index is 6.77. The van der Waals surface area contributed by atoms with Gasteiger partial charge in [-0.3, -0.25) is 0 Å². The van der Waals surface area contributed by atoms with Crippen molar-refractivity contribution < 1.29 is 4.42 Å². The molecule has 0 unspecified atom stereocenters. The third-order valence-electron chi connectivity index (χ3n) is 10.4. The molecule has 0 radical (unpaired) electrons. The number of rotatable bonds is 3. The lowest BCUT2D eigenvalue weighted by Crippen LogP contribution is -2.30. The van der Waals surface area contributed by atoms with Crippen molar-refractivity contribution in [2.45, 2.75) is 19.3 Å². The second-order valence-electron chi connectivity index (χ2n) is 13.5. The number of hydrogen-bond acceptors (Lipinski definition) is 3. The van der Waals surface area contributed by atoms with Crippen molar-refractivity contribution in [2.75, 3.05) is 4.90 Å². The zero-order valence-corrected chi connectivity index (χ0v) is 27.3. The highest BCUT2D eigenvalue weighted by atomic mass is 16.3. The number of benzene rings is 7. The van der Waals surface area contributed by atoms with Gasteiger partial charge in [0.1, 0.15) is 11.2 Å². The van der Waals surface area contributed by atoms with Gasteiger partial charge in [0.25, 0.3) is 0 Å². The number of pyridine rings is 1. The molecule has 7 aromatic carbocycles. The Kier molecular flexibility index (Phi) is 5.92. The standard InChI is InChI=1S/C46H32N2O/c1-46(2)36-18-8-11-21-39(36)48(40-22-12-9-19-37(40)46)31-26-24-29(25-27-31)34-28-35-42(43-33-17-7-13-23-41(33)49-45(34)43)32-16-6-10-20-38(32)47-44(35)30-14-4-3-5-15-30/h3-28H,1-2H3. The lowest BCUT2D eigenvalue weighted by atomic mass is 9.73. The SMILES string of the molecule is CC1(C)c2ccccc2N(c2ccc(-c3cc4c(-c5ccccc5)nc5ccccc5c4c4c3oc3ccccc34)cc2)c2ccccc21. The van der Waals surface area contributed by atoms with Gasteiger partial charge in [0.05, 0.1) is 22.6 Å². The summed E-state index contributed by atoms with van der Waals surface area (Å²) in [6.07, 6.45) is 0. The fourth-order valence-electron chi connectivity index (χ4n) is 8.10. The van der Waals surface area contributed by atoms with E-state index in [4.69, 9.17) is 9.40 Å². The molecule has 0 amide bonds. The van der Waals surface area contributed by atoms with Crippen LogP contribution in [-0.4, -0.2) is 4.98 Å². The Morgan fingerprint density at radius 2 is 1.14 bits per heavy atom. The molecule has 3 heterocycles. The third-order valence-corrected chi connectivity index (χ3v) is 10.4. The highest BCUT2D eigenvalue weighted by Crippen LogP contribution is 2.52. The zero-order chi connectivity index (χ0) is 32.7. The number of furan rings is 1. The predicted molar refractivity (Wildman–Crippen MR) is 204 cm³/mol. The van der Waals surface area contributed by atoms with Crippen molar-refractivity contribution in [3.63, 3.8) is 0 Å².